The van der Waals surface area contributed by atoms with Crippen molar-refractivity contribution in [2.75, 3.05) is 30.9 Å². The second-order valence-corrected chi connectivity index (χ2v) is 5.31. The molecule has 0 aliphatic rings. The van der Waals surface area contributed by atoms with Crippen LogP contribution in [0.4, 0.5) is 17.6 Å². The molecule has 2 heterocycles. The van der Waals surface area contributed by atoms with Crippen LogP contribution >= 0.6 is 0 Å². The van der Waals surface area contributed by atoms with E-state index in [1.165, 1.54) is 0 Å². The van der Waals surface area contributed by atoms with Gasteiger partial charge in [0.15, 0.2) is 5.82 Å². The second kappa shape index (κ2) is 8.70. The number of aromatic nitrogens is 4. The summed E-state index contributed by atoms with van der Waals surface area (Å²) < 4.78 is 5.06. The fraction of sp³-hybridized carbons (Fsp3) is 0.222. The minimum absolute atomic E-state index is 0.481. The van der Waals surface area contributed by atoms with Crippen LogP contribution < -0.4 is 10.6 Å². The fourth-order valence-corrected chi connectivity index (χ4v) is 2.21. The van der Waals surface area contributed by atoms with Crippen LogP contribution in [-0.4, -0.2) is 40.2 Å². The normalized spacial score (nSPS) is 10.4. The van der Waals surface area contributed by atoms with Crippen LogP contribution in [0.15, 0.2) is 54.9 Å². The molecule has 0 saturated heterocycles. The Morgan fingerprint density at radius 3 is 2.44 bits per heavy atom. The Labute approximate surface area is 146 Å². The van der Waals surface area contributed by atoms with Gasteiger partial charge in [0, 0.05) is 43.9 Å². The van der Waals surface area contributed by atoms with Crippen LogP contribution in [0.1, 0.15) is 6.42 Å². The molecule has 0 fully saturated rings. The van der Waals surface area contributed by atoms with Gasteiger partial charge in [0.2, 0.25) is 11.9 Å². The Morgan fingerprint density at radius 2 is 1.68 bits per heavy atom. The van der Waals surface area contributed by atoms with E-state index in [4.69, 9.17) is 4.74 Å². The summed E-state index contributed by atoms with van der Waals surface area (Å²) in [6.07, 6.45) is 4.30. The maximum atomic E-state index is 5.06. The summed E-state index contributed by atoms with van der Waals surface area (Å²) in [5.41, 5.74) is 1.80. The summed E-state index contributed by atoms with van der Waals surface area (Å²) in [7, 11) is 1.69. The molecule has 0 atom stereocenters. The zero-order valence-corrected chi connectivity index (χ0v) is 14.0. The second-order valence-electron chi connectivity index (χ2n) is 5.31. The molecule has 0 amide bonds. The van der Waals surface area contributed by atoms with Gasteiger partial charge in [-0.25, -0.2) is 0 Å². The van der Waals surface area contributed by atoms with Gasteiger partial charge in [-0.15, -0.1) is 0 Å². The van der Waals surface area contributed by atoms with Crippen LogP contribution in [0.2, 0.25) is 0 Å². The van der Waals surface area contributed by atoms with E-state index in [0.29, 0.717) is 24.3 Å². The number of rotatable bonds is 8. The highest BCUT2D eigenvalue weighted by Crippen LogP contribution is 2.19. The van der Waals surface area contributed by atoms with E-state index in [-0.39, 0.29) is 0 Å². The summed E-state index contributed by atoms with van der Waals surface area (Å²) in [4.78, 5) is 17.5. The molecule has 128 valence electrons. The molecule has 0 radical (unpaired) electrons. The van der Waals surface area contributed by atoms with Gasteiger partial charge in [0.05, 0.1) is 0 Å². The topological polar surface area (TPSA) is 84.9 Å². The average molecular weight is 336 g/mol. The molecule has 25 heavy (non-hydrogen) atoms. The first-order chi connectivity index (χ1) is 12.3. The maximum absolute atomic E-state index is 5.06. The molecule has 2 aromatic heterocycles. The Bertz CT molecular complexity index is 782. The van der Waals surface area contributed by atoms with Crippen LogP contribution in [0.3, 0.4) is 0 Å². The van der Waals surface area contributed by atoms with E-state index in [9.17, 15) is 0 Å². The van der Waals surface area contributed by atoms with Crippen LogP contribution in [-0.2, 0) is 4.74 Å². The summed E-state index contributed by atoms with van der Waals surface area (Å²) in [6, 6.07) is 13.5. The first-order valence-electron chi connectivity index (χ1n) is 8.06. The number of hydrogen-bond donors (Lipinski definition) is 2. The number of pyridine rings is 1. The van der Waals surface area contributed by atoms with Crippen molar-refractivity contribution in [1.29, 1.82) is 0 Å². The van der Waals surface area contributed by atoms with Crippen molar-refractivity contribution in [3.05, 3.63) is 54.9 Å². The molecule has 0 aliphatic heterocycles. The first-order valence-corrected chi connectivity index (χ1v) is 8.06. The SMILES string of the molecule is COCCCNc1nc(Nc2ccncc2)nc(-c2ccccc2)n1. The first kappa shape index (κ1) is 16.8. The Balaban J connectivity index is 1.85. The predicted octanol–water partition coefficient (Wildman–Crippen LogP) is 3.13. The molecule has 7 heteroatoms. The minimum atomic E-state index is 0.481. The van der Waals surface area contributed by atoms with Gasteiger partial charge in [0.1, 0.15) is 0 Å². The summed E-state index contributed by atoms with van der Waals surface area (Å²) in [5, 5.41) is 6.41. The van der Waals surface area contributed by atoms with Crippen LogP contribution in [0.5, 0.6) is 0 Å². The molecule has 1 aromatic carbocycles. The van der Waals surface area contributed by atoms with Crippen molar-refractivity contribution >= 4 is 17.6 Å². The van der Waals surface area contributed by atoms with Gasteiger partial charge in [-0.2, -0.15) is 15.0 Å². The lowest BCUT2D eigenvalue weighted by Crippen LogP contribution is -2.10. The minimum Gasteiger partial charge on any atom is -0.385 e. The molecule has 0 bridgehead atoms. The van der Waals surface area contributed by atoms with E-state index in [0.717, 1.165) is 24.2 Å². The van der Waals surface area contributed by atoms with Gasteiger partial charge in [-0.3, -0.25) is 4.98 Å². The van der Waals surface area contributed by atoms with E-state index in [1.54, 1.807) is 19.5 Å². The molecular formula is C18H20N6O. The van der Waals surface area contributed by atoms with Crippen LogP contribution in [0, 0.1) is 0 Å². The largest absolute Gasteiger partial charge is 0.385 e. The maximum Gasteiger partial charge on any atom is 0.232 e. The van der Waals surface area contributed by atoms with Gasteiger partial charge < -0.3 is 15.4 Å². The van der Waals surface area contributed by atoms with E-state index in [1.807, 2.05) is 42.5 Å². The third-order valence-electron chi connectivity index (χ3n) is 3.41. The van der Waals surface area contributed by atoms with Gasteiger partial charge in [0.25, 0.3) is 0 Å². The molecule has 3 aromatic rings. The van der Waals surface area contributed by atoms with E-state index in [2.05, 4.69) is 30.6 Å². The Kier molecular flexibility index (Phi) is 5.84. The van der Waals surface area contributed by atoms with Crippen molar-refractivity contribution in [3.8, 4) is 11.4 Å². The number of benzene rings is 1. The molecule has 2 N–H and O–H groups in total. The van der Waals surface area contributed by atoms with Crippen molar-refractivity contribution < 1.29 is 4.74 Å². The molecule has 0 saturated carbocycles. The number of ether oxygens (including phenoxy) is 1. The predicted molar refractivity (Wildman–Crippen MR) is 97.8 cm³/mol. The molecule has 7 nitrogen and oxygen atoms in total. The summed E-state index contributed by atoms with van der Waals surface area (Å²) in [5.74, 6) is 1.62. The quantitative estimate of drug-likeness (QED) is 0.611. The van der Waals surface area contributed by atoms with Gasteiger partial charge in [-0.05, 0) is 18.6 Å². The summed E-state index contributed by atoms with van der Waals surface area (Å²) in [6.45, 7) is 1.41. The van der Waals surface area contributed by atoms with E-state index >= 15 is 0 Å². The number of hydrogen-bond acceptors (Lipinski definition) is 7. The van der Waals surface area contributed by atoms with Crippen molar-refractivity contribution in [2.24, 2.45) is 0 Å². The molecule has 0 spiro atoms. The number of anilines is 3. The smallest absolute Gasteiger partial charge is 0.232 e. The zero-order valence-electron chi connectivity index (χ0n) is 14.0. The monoisotopic (exact) mass is 336 g/mol. The lowest BCUT2D eigenvalue weighted by Gasteiger charge is -2.10. The third kappa shape index (κ3) is 4.95. The highest BCUT2D eigenvalue weighted by molar-refractivity contribution is 5.60. The molecule has 0 aliphatic carbocycles. The van der Waals surface area contributed by atoms with Crippen molar-refractivity contribution in [1.82, 2.24) is 19.9 Å². The molecule has 0 unspecified atom stereocenters. The lowest BCUT2D eigenvalue weighted by molar-refractivity contribution is 0.197. The molecule has 3 rings (SSSR count). The van der Waals surface area contributed by atoms with Gasteiger partial charge >= 0.3 is 0 Å². The average Bonchev–Trinajstić information content (AvgIpc) is 2.67. The fourth-order valence-electron chi connectivity index (χ4n) is 2.21. The standard InChI is InChI=1S/C18H20N6O/c1-25-13-5-10-20-17-22-16(14-6-3-2-4-7-14)23-18(24-17)21-15-8-11-19-12-9-15/h2-4,6-9,11-12H,5,10,13H2,1H3,(H2,19,20,21,22,23,24). The highest BCUT2D eigenvalue weighted by atomic mass is 16.5. The van der Waals surface area contributed by atoms with Crippen molar-refractivity contribution in [2.45, 2.75) is 6.42 Å². The highest BCUT2D eigenvalue weighted by Gasteiger charge is 2.08. The van der Waals surface area contributed by atoms with E-state index < -0.39 is 0 Å². The van der Waals surface area contributed by atoms with Gasteiger partial charge in [-0.1, -0.05) is 30.3 Å². The zero-order chi connectivity index (χ0) is 17.3. The molecular weight excluding hydrogens is 316 g/mol. The number of methoxy groups -OCH3 is 1. The Morgan fingerprint density at radius 1 is 0.920 bits per heavy atom. The Hall–Kier alpha value is -3.06. The summed E-state index contributed by atoms with van der Waals surface area (Å²) >= 11 is 0. The third-order valence-corrected chi connectivity index (χ3v) is 3.41. The lowest BCUT2D eigenvalue weighted by atomic mass is 10.2. The number of nitrogens with zero attached hydrogens (tertiary/aromatic N) is 4. The number of nitrogens with one attached hydrogen (secondary N) is 2. The van der Waals surface area contributed by atoms with Crippen molar-refractivity contribution in [3.63, 3.8) is 0 Å². The van der Waals surface area contributed by atoms with Crippen LogP contribution in [0.25, 0.3) is 11.4 Å².